The zero-order valence-electron chi connectivity index (χ0n) is 18.2. The molecule has 0 N–H and O–H groups in total. The molecule has 0 radical (unpaired) electrons. The van der Waals surface area contributed by atoms with Crippen LogP contribution >= 0.6 is 0 Å². The molecule has 2 amide bonds. The molecule has 1 aromatic heterocycles. The SMILES string of the molecule is COc1ccc(N2CC(C(=O)N3CCCN(c4ccc(C(F)(F)F)cn4)CC3)CC2=O)cc1. The summed E-state index contributed by atoms with van der Waals surface area (Å²) in [5, 5.41) is 0. The number of methoxy groups -OCH3 is 1. The van der Waals surface area contributed by atoms with E-state index in [0.29, 0.717) is 50.7 Å². The van der Waals surface area contributed by atoms with Crippen LogP contribution in [0.5, 0.6) is 5.75 Å². The molecule has 2 aliphatic rings. The molecular weight excluding hydrogens is 437 g/mol. The minimum absolute atomic E-state index is 0.0680. The van der Waals surface area contributed by atoms with E-state index in [9.17, 15) is 22.8 Å². The molecule has 1 aromatic carbocycles. The van der Waals surface area contributed by atoms with E-state index in [1.165, 1.54) is 6.07 Å². The van der Waals surface area contributed by atoms with Crippen LogP contribution in [0.3, 0.4) is 0 Å². The third kappa shape index (κ3) is 5.04. The van der Waals surface area contributed by atoms with Crippen LogP contribution in [0.4, 0.5) is 24.7 Å². The Labute approximate surface area is 189 Å². The Morgan fingerprint density at radius 2 is 1.82 bits per heavy atom. The maximum atomic E-state index is 13.1. The molecule has 2 aliphatic heterocycles. The van der Waals surface area contributed by atoms with Crippen LogP contribution in [0.1, 0.15) is 18.4 Å². The third-order valence-electron chi connectivity index (χ3n) is 6.07. The summed E-state index contributed by atoms with van der Waals surface area (Å²) in [7, 11) is 1.57. The zero-order valence-corrected chi connectivity index (χ0v) is 18.2. The van der Waals surface area contributed by atoms with E-state index in [0.717, 1.165) is 18.0 Å². The number of aromatic nitrogens is 1. The molecule has 1 unspecified atom stereocenters. The average Bonchev–Trinajstić information content (AvgIpc) is 3.03. The highest BCUT2D eigenvalue weighted by atomic mass is 19.4. The molecule has 2 saturated heterocycles. The number of rotatable bonds is 4. The standard InChI is InChI=1S/C23H25F3N4O3/c1-33-19-6-4-18(5-7-19)30-15-16(13-21(30)31)22(32)29-10-2-9-28(11-12-29)20-8-3-17(14-27-20)23(24,25)26/h3-8,14,16H,2,9-13,15H2,1H3. The third-order valence-corrected chi connectivity index (χ3v) is 6.07. The second kappa shape index (κ2) is 9.29. The molecule has 0 bridgehead atoms. The maximum absolute atomic E-state index is 13.1. The molecule has 0 aliphatic carbocycles. The fourth-order valence-electron chi connectivity index (χ4n) is 4.25. The normalized spacial score (nSPS) is 19.6. The van der Waals surface area contributed by atoms with Crippen molar-refractivity contribution in [3.05, 3.63) is 48.2 Å². The topological polar surface area (TPSA) is 66.0 Å². The first-order chi connectivity index (χ1) is 15.8. The van der Waals surface area contributed by atoms with E-state index >= 15 is 0 Å². The maximum Gasteiger partial charge on any atom is 0.417 e. The quantitative estimate of drug-likeness (QED) is 0.698. The number of hydrogen-bond acceptors (Lipinski definition) is 5. The van der Waals surface area contributed by atoms with Crippen molar-refractivity contribution in [2.75, 3.05) is 49.6 Å². The van der Waals surface area contributed by atoms with Gasteiger partial charge in [-0.3, -0.25) is 9.59 Å². The highest BCUT2D eigenvalue weighted by Gasteiger charge is 2.37. The van der Waals surface area contributed by atoms with E-state index in [-0.39, 0.29) is 18.2 Å². The minimum Gasteiger partial charge on any atom is -0.497 e. The first kappa shape index (κ1) is 22.9. The van der Waals surface area contributed by atoms with Gasteiger partial charge in [0.05, 0.1) is 18.6 Å². The predicted octanol–water partition coefficient (Wildman–Crippen LogP) is 3.20. The number of halogens is 3. The van der Waals surface area contributed by atoms with Gasteiger partial charge in [0.2, 0.25) is 11.8 Å². The van der Waals surface area contributed by atoms with Gasteiger partial charge in [-0.25, -0.2) is 4.98 Å². The van der Waals surface area contributed by atoms with Crippen LogP contribution in [0, 0.1) is 5.92 Å². The fraction of sp³-hybridized carbons (Fsp3) is 0.435. The lowest BCUT2D eigenvalue weighted by atomic mass is 10.1. The Hall–Kier alpha value is -3.30. The summed E-state index contributed by atoms with van der Waals surface area (Å²) in [5.74, 6) is 0.564. The summed E-state index contributed by atoms with van der Waals surface area (Å²) in [4.78, 5) is 34.9. The van der Waals surface area contributed by atoms with Crippen molar-refractivity contribution in [1.29, 1.82) is 0 Å². The van der Waals surface area contributed by atoms with Crippen molar-refractivity contribution in [3.63, 3.8) is 0 Å². The van der Waals surface area contributed by atoms with Gasteiger partial charge in [-0.05, 0) is 42.8 Å². The van der Waals surface area contributed by atoms with Crippen LogP contribution in [-0.2, 0) is 15.8 Å². The summed E-state index contributed by atoms with van der Waals surface area (Å²) in [5.41, 5.74) is -0.0586. The molecule has 7 nitrogen and oxygen atoms in total. The van der Waals surface area contributed by atoms with Gasteiger partial charge in [-0.2, -0.15) is 13.2 Å². The summed E-state index contributed by atoms with van der Waals surface area (Å²) >= 11 is 0. The van der Waals surface area contributed by atoms with E-state index in [1.54, 1.807) is 41.2 Å². The minimum atomic E-state index is -4.42. The van der Waals surface area contributed by atoms with Crippen LogP contribution in [0.25, 0.3) is 0 Å². The highest BCUT2D eigenvalue weighted by Crippen LogP contribution is 2.30. The lowest BCUT2D eigenvalue weighted by molar-refractivity contribution is -0.138. The number of hydrogen-bond donors (Lipinski definition) is 0. The van der Waals surface area contributed by atoms with Crippen molar-refractivity contribution in [2.45, 2.75) is 19.0 Å². The Bertz CT molecular complexity index is 996. The molecule has 0 spiro atoms. The Morgan fingerprint density at radius 3 is 2.45 bits per heavy atom. The molecule has 3 heterocycles. The second-order valence-corrected chi connectivity index (χ2v) is 8.17. The van der Waals surface area contributed by atoms with E-state index in [2.05, 4.69) is 4.98 Å². The summed E-state index contributed by atoms with van der Waals surface area (Å²) < 4.78 is 43.5. The van der Waals surface area contributed by atoms with Crippen molar-refractivity contribution < 1.29 is 27.5 Å². The van der Waals surface area contributed by atoms with Gasteiger partial charge in [0, 0.05) is 51.0 Å². The molecule has 1 atom stereocenters. The molecule has 0 saturated carbocycles. The largest absolute Gasteiger partial charge is 0.497 e. The fourth-order valence-corrected chi connectivity index (χ4v) is 4.25. The van der Waals surface area contributed by atoms with E-state index in [4.69, 9.17) is 4.74 Å². The molecule has 4 rings (SSSR count). The number of carbonyl (C=O) groups is 2. The smallest absolute Gasteiger partial charge is 0.417 e. The Kier molecular flexibility index (Phi) is 6.44. The number of nitrogens with zero attached hydrogens (tertiary/aromatic N) is 4. The van der Waals surface area contributed by atoms with Crippen LogP contribution in [0.15, 0.2) is 42.6 Å². The Balaban J connectivity index is 1.37. The van der Waals surface area contributed by atoms with Gasteiger partial charge in [0.25, 0.3) is 0 Å². The molecule has 176 valence electrons. The molecular formula is C23H25F3N4O3. The molecule has 2 fully saturated rings. The number of anilines is 2. The number of ether oxygens (including phenoxy) is 1. The summed E-state index contributed by atoms with van der Waals surface area (Å²) in [6, 6.07) is 9.53. The zero-order chi connectivity index (χ0) is 23.6. The van der Waals surface area contributed by atoms with Crippen molar-refractivity contribution in [2.24, 2.45) is 5.92 Å². The van der Waals surface area contributed by atoms with E-state index < -0.39 is 17.7 Å². The van der Waals surface area contributed by atoms with E-state index in [1.807, 2.05) is 4.90 Å². The van der Waals surface area contributed by atoms with Gasteiger partial charge in [0.15, 0.2) is 0 Å². The first-order valence-corrected chi connectivity index (χ1v) is 10.8. The monoisotopic (exact) mass is 462 g/mol. The molecule has 10 heteroatoms. The van der Waals surface area contributed by atoms with Crippen molar-refractivity contribution in [3.8, 4) is 5.75 Å². The van der Waals surface area contributed by atoms with Gasteiger partial charge in [-0.1, -0.05) is 0 Å². The Morgan fingerprint density at radius 1 is 1.06 bits per heavy atom. The van der Waals surface area contributed by atoms with Crippen molar-refractivity contribution in [1.82, 2.24) is 9.88 Å². The predicted molar refractivity (Wildman–Crippen MR) is 116 cm³/mol. The van der Waals surface area contributed by atoms with Gasteiger partial charge in [-0.15, -0.1) is 0 Å². The second-order valence-electron chi connectivity index (χ2n) is 8.17. The number of pyridine rings is 1. The van der Waals surface area contributed by atoms with Crippen LogP contribution < -0.4 is 14.5 Å². The highest BCUT2D eigenvalue weighted by molar-refractivity contribution is 6.00. The van der Waals surface area contributed by atoms with Gasteiger partial charge in [0.1, 0.15) is 11.6 Å². The molecule has 33 heavy (non-hydrogen) atoms. The number of alkyl halides is 3. The average molecular weight is 462 g/mol. The van der Waals surface area contributed by atoms with Crippen LogP contribution in [0.2, 0.25) is 0 Å². The van der Waals surface area contributed by atoms with Crippen LogP contribution in [-0.4, -0.2) is 61.5 Å². The lowest BCUT2D eigenvalue weighted by Gasteiger charge is -2.25. The summed E-state index contributed by atoms with van der Waals surface area (Å²) in [6.45, 7) is 2.33. The van der Waals surface area contributed by atoms with Gasteiger partial charge >= 0.3 is 6.18 Å². The number of amides is 2. The lowest BCUT2D eigenvalue weighted by Crippen LogP contribution is -2.40. The number of carbonyl (C=O) groups excluding carboxylic acids is 2. The molecule has 2 aromatic rings. The summed E-state index contributed by atoms with van der Waals surface area (Å²) in [6.07, 6.45) is -2.77. The van der Waals surface area contributed by atoms with Crippen molar-refractivity contribution >= 4 is 23.3 Å². The first-order valence-electron chi connectivity index (χ1n) is 10.8. The van der Waals surface area contributed by atoms with Gasteiger partial charge < -0.3 is 19.4 Å². The number of benzene rings is 1.